The number of amides is 2. The summed E-state index contributed by atoms with van der Waals surface area (Å²) in [7, 11) is 1.71. The molecule has 30 heavy (non-hydrogen) atoms. The van der Waals surface area contributed by atoms with E-state index in [-0.39, 0.29) is 5.92 Å². The van der Waals surface area contributed by atoms with E-state index in [4.69, 9.17) is 16.2 Å². The van der Waals surface area contributed by atoms with E-state index in [1.54, 1.807) is 7.05 Å². The van der Waals surface area contributed by atoms with Crippen LogP contribution in [-0.4, -0.2) is 46.2 Å². The second kappa shape index (κ2) is 9.65. The first-order chi connectivity index (χ1) is 14.4. The number of benzene rings is 1. The van der Waals surface area contributed by atoms with Crippen LogP contribution in [0.4, 0.5) is 5.82 Å². The summed E-state index contributed by atoms with van der Waals surface area (Å²) >= 11 is 0. The normalized spacial score (nSPS) is 17.9. The van der Waals surface area contributed by atoms with Gasteiger partial charge in [0.05, 0.1) is 12.3 Å². The molecule has 2 aromatic rings. The molecule has 0 radical (unpaired) electrons. The predicted molar refractivity (Wildman–Crippen MR) is 115 cm³/mol. The number of ether oxygens (including phenoxy) is 1. The minimum atomic E-state index is -0.533. The van der Waals surface area contributed by atoms with Gasteiger partial charge in [-0.3, -0.25) is 14.3 Å². The van der Waals surface area contributed by atoms with Gasteiger partial charge in [0.1, 0.15) is 17.1 Å². The average Bonchev–Trinajstić information content (AvgIpc) is 3.31. The molecule has 0 bridgehead atoms. The lowest BCUT2D eigenvalue weighted by Gasteiger charge is -2.12. The van der Waals surface area contributed by atoms with Crippen molar-refractivity contribution in [2.75, 3.05) is 25.4 Å². The van der Waals surface area contributed by atoms with Crippen molar-refractivity contribution >= 4 is 17.6 Å². The number of carbonyl (C=O) groups is 2. The topological polar surface area (TPSA) is 116 Å². The third kappa shape index (κ3) is 4.75. The molecule has 2 aliphatic rings. The second-order valence-corrected chi connectivity index (χ2v) is 7.72. The van der Waals surface area contributed by atoms with Crippen molar-refractivity contribution in [3.05, 3.63) is 41.1 Å². The Balaban J connectivity index is 0.000000239. The molecule has 1 atom stereocenters. The second-order valence-electron chi connectivity index (χ2n) is 7.72. The third-order valence-corrected chi connectivity index (χ3v) is 5.68. The Morgan fingerprint density at radius 1 is 1.23 bits per heavy atom. The highest BCUT2D eigenvalue weighted by Gasteiger charge is 2.28. The highest BCUT2D eigenvalue weighted by Crippen LogP contribution is 2.34. The van der Waals surface area contributed by atoms with E-state index >= 15 is 0 Å². The van der Waals surface area contributed by atoms with Crippen LogP contribution in [0.15, 0.2) is 24.3 Å². The zero-order valence-electron chi connectivity index (χ0n) is 17.8. The van der Waals surface area contributed by atoms with E-state index in [1.165, 1.54) is 17.5 Å². The Bertz CT molecular complexity index is 902. The lowest BCUT2D eigenvalue weighted by atomic mass is 9.91. The minimum absolute atomic E-state index is 0.0691. The molecule has 8 heteroatoms. The van der Waals surface area contributed by atoms with Crippen LogP contribution in [0.25, 0.3) is 0 Å². The van der Waals surface area contributed by atoms with E-state index in [9.17, 15) is 9.59 Å². The Kier molecular flexibility index (Phi) is 6.97. The van der Waals surface area contributed by atoms with Gasteiger partial charge in [-0.15, -0.1) is 0 Å². The zero-order valence-corrected chi connectivity index (χ0v) is 17.8. The van der Waals surface area contributed by atoms with Gasteiger partial charge in [0, 0.05) is 32.5 Å². The summed E-state index contributed by atoms with van der Waals surface area (Å²) in [5.41, 5.74) is 13.5. The molecule has 1 aromatic carbocycles. The molecule has 4 rings (SSSR count). The maximum Gasteiger partial charge on any atom is 0.254 e. The number of nitrogens with zero attached hydrogens (tertiary/aromatic N) is 3. The third-order valence-electron chi connectivity index (χ3n) is 5.68. The van der Waals surface area contributed by atoms with Crippen molar-refractivity contribution < 1.29 is 14.3 Å². The number of aromatic nitrogens is 2. The summed E-state index contributed by atoms with van der Waals surface area (Å²) in [6.07, 6.45) is 4.59. The lowest BCUT2D eigenvalue weighted by Crippen LogP contribution is -2.26. The van der Waals surface area contributed by atoms with Crippen molar-refractivity contribution in [3.63, 3.8) is 0 Å². The molecular weight excluding hydrogens is 382 g/mol. The molecule has 1 aromatic heterocycles. The van der Waals surface area contributed by atoms with Gasteiger partial charge in [0.25, 0.3) is 5.91 Å². The fourth-order valence-electron chi connectivity index (χ4n) is 4.01. The summed E-state index contributed by atoms with van der Waals surface area (Å²) in [5.74, 6) is 1.06. The van der Waals surface area contributed by atoms with Gasteiger partial charge in [-0.25, -0.2) is 0 Å². The number of aryl methyl sites for hydroxylation is 1. The number of fused-ring (bicyclic) bond motifs is 1. The number of anilines is 1. The van der Waals surface area contributed by atoms with Crippen molar-refractivity contribution in [2.45, 2.75) is 44.9 Å². The van der Waals surface area contributed by atoms with Gasteiger partial charge in [0.15, 0.2) is 0 Å². The van der Waals surface area contributed by atoms with E-state index in [0.717, 1.165) is 37.2 Å². The first-order valence-electron chi connectivity index (χ1n) is 10.5. The fourth-order valence-corrected chi connectivity index (χ4v) is 4.01. The number of nitrogen functional groups attached to an aromatic ring is 1. The monoisotopic (exact) mass is 413 g/mol. The molecule has 1 unspecified atom stereocenters. The zero-order chi connectivity index (χ0) is 21.7. The average molecular weight is 414 g/mol. The predicted octanol–water partition coefficient (Wildman–Crippen LogP) is 2.23. The number of hydrogen-bond acceptors (Lipinski definition) is 5. The molecule has 1 saturated heterocycles. The first kappa shape index (κ1) is 21.7. The van der Waals surface area contributed by atoms with Gasteiger partial charge in [0.2, 0.25) is 5.91 Å². The van der Waals surface area contributed by atoms with Crippen LogP contribution in [0.1, 0.15) is 60.1 Å². The molecule has 4 N–H and O–H groups in total. The molecule has 0 saturated carbocycles. The van der Waals surface area contributed by atoms with E-state index in [1.807, 2.05) is 36.1 Å². The quantitative estimate of drug-likeness (QED) is 0.800. The Hall–Kier alpha value is -3.03. The maximum atomic E-state index is 11.7. The van der Waals surface area contributed by atoms with Crippen LogP contribution >= 0.6 is 0 Å². The van der Waals surface area contributed by atoms with Gasteiger partial charge < -0.3 is 21.1 Å². The molecule has 0 aliphatic carbocycles. The minimum Gasteiger partial charge on any atom is -0.493 e. The van der Waals surface area contributed by atoms with Crippen LogP contribution in [-0.2, 0) is 18.3 Å². The number of hydrogen-bond donors (Lipinski definition) is 2. The van der Waals surface area contributed by atoms with E-state index in [2.05, 4.69) is 5.10 Å². The molecule has 3 heterocycles. The first-order valence-corrected chi connectivity index (χ1v) is 10.5. The SMILES string of the molecule is CCC(=O)N1CCCC1.Cn1nc(C2CCOc3ccccc3C2)c(C(N)=O)c1N. The number of para-hydroxylation sites is 1. The number of rotatable bonds is 3. The Labute approximate surface area is 177 Å². The van der Waals surface area contributed by atoms with Crippen LogP contribution in [0.2, 0.25) is 0 Å². The van der Waals surface area contributed by atoms with Crippen molar-refractivity contribution in [1.82, 2.24) is 14.7 Å². The number of carbonyl (C=O) groups excluding carboxylic acids is 2. The highest BCUT2D eigenvalue weighted by molar-refractivity contribution is 5.98. The Morgan fingerprint density at radius 2 is 1.93 bits per heavy atom. The molecule has 1 fully saturated rings. The summed E-state index contributed by atoms with van der Waals surface area (Å²) in [6.45, 7) is 4.48. The summed E-state index contributed by atoms with van der Waals surface area (Å²) in [5, 5.41) is 4.40. The maximum absolute atomic E-state index is 11.7. The lowest BCUT2D eigenvalue weighted by molar-refractivity contribution is -0.129. The van der Waals surface area contributed by atoms with Gasteiger partial charge >= 0.3 is 0 Å². The Morgan fingerprint density at radius 3 is 2.60 bits per heavy atom. The van der Waals surface area contributed by atoms with Gasteiger partial charge in [-0.05, 0) is 37.3 Å². The highest BCUT2D eigenvalue weighted by atomic mass is 16.5. The molecule has 162 valence electrons. The molecule has 8 nitrogen and oxygen atoms in total. The standard InChI is InChI=1S/C15H18N4O2.C7H13NO/c1-19-14(16)12(15(17)20)13(18-19)10-6-7-21-11-5-3-2-4-9(11)8-10;1-2-7(9)8-5-3-4-6-8/h2-5,10H,6-8,16H2,1H3,(H2,17,20);2-6H2,1H3. The van der Waals surface area contributed by atoms with Crippen LogP contribution in [0.3, 0.4) is 0 Å². The van der Waals surface area contributed by atoms with E-state index in [0.29, 0.717) is 36.0 Å². The van der Waals surface area contributed by atoms with Gasteiger partial charge in [-0.2, -0.15) is 5.10 Å². The van der Waals surface area contributed by atoms with Gasteiger partial charge in [-0.1, -0.05) is 25.1 Å². The number of nitrogens with two attached hydrogens (primary N) is 2. The summed E-state index contributed by atoms with van der Waals surface area (Å²) in [6, 6.07) is 7.92. The molecule has 2 aliphatic heterocycles. The molecule has 0 spiro atoms. The van der Waals surface area contributed by atoms with E-state index < -0.39 is 5.91 Å². The molecule has 2 amide bonds. The summed E-state index contributed by atoms with van der Waals surface area (Å²) in [4.78, 5) is 24.6. The summed E-state index contributed by atoms with van der Waals surface area (Å²) < 4.78 is 7.26. The smallest absolute Gasteiger partial charge is 0.254 e. The van der Waals surface area contributed by atoms with Crippen LogP contribution in [0, 0.1) is 0 Å². The van der Waals surface area contributed by atoms with Crippen molar-refractivity contribution in [1.29, 1.82) is 0 Å². The number of primary amides is 1. The van der Waals surface area contributed by atoms with Crippen molar-refractivity contribution in [3.8, 4) is 5.75 Å². The fraction of sp³-hybridized carbons (Fsp3) is 0.500. The largest absolute Gasteiger partial charge is 0.493 e. The van der Waals surface area contributed by atoms with Crippen LogP contribution < -0.4 is 16.2 Å². The molecular formula is C22H31N5O3. The number of likely N-dealkylation sites (tertiary alicyclic amines) is 1. The van der Waals surface area contributed by atoms with Crippen LogP contribution in [0.5, 0.6) is 5.75 Å². The van der Waals surface area contributed by atoms with Crippen molar-refractivity contribution in [2.24, 2.45) is 12.8 Å².